The van der Waals surface area contributed by atoms with Crippen LogP contribution in [0, 0.1) is 29.4 Å². The minimum Gasteiger partial charge on any atom is -0.464 e. The van der Waals surface area contributed by atoms with Crippen molar-refractivity contribution in [2.24, 2.45) is 17.8 Å². The van der Waals surface area contributed by atoms with E-state index in [4.69, 9.17) is 9.47 Å². The molecule has 0 bridgehead atoms. The summed E-state index contributed by atoms with van der Waals surface area (Å²) >= 11 is 0. The average Bonchev–Trinajstić information content (AvgIpc) is 2.81. The molecule has 1 aromatic rings. The first-order valence-corrected chi connectivity index (χ1v) is 12.8. The zero-order valence-corrected chi connectivity index (χ0v) is 19.6. The van der Waals surface area contributed by atoms with Gasteiger partial charge in [-0.15, -0.1) is 0 Å². The zero-order chi connectivity index (χ0) is 22.1. The highest BCUT2D eigenvalue weighted by Gasteiger charge is 2.32. The molecular weight excluding hydrogens is 394 g/mol. The molecule has 0 aliphatic heterocycles. The van der Waals surface area contributed by atoms with Gasteiger partial charge in [-0.1, -0.05) is 58.4 Å². The molecule has 0 heterocycles. The Bertz CT molecular complexity index is 647. The monoisotopic (exact) mass is 436 g/mol. The van der Waals surface area contributed by atoms with E-state index in [9.17, 15) is 8.78 Å². The summed E-state index contributed by atoms with van der Waals surface area (Å²) in [5.74, 6) is 1.05. The van der Waals surface area contributed by atoms with Crippen LogP contribution in [0.3, 0.4) is 0 Å². The fourth-order valence-corrected chi connectivity index (χ4v) is 5.73. The summed E-state index contributed by atoms with van der Waals surface area (Å²) in [5.41, 5.74) is 0.526. The maximum absolute atomic E-state index is 14.8. The number of unbranched alkanes of at least 4 members (excludes halogenated alkanes) is 2. The molecule has 2 fully saturated rings. The van der Waals surface area contributed by atoms with Crippen molar-refractivity contribution < 1.29 is 18.3 Å². The van der Waals surface area contributed by atoms with Crippen LogP contribution in [0.4, 0.5) is 8.78 Å². The smallest absolute Gasteiger partial charge is 0.201 e. The Morgan fingerprint density at radius 3 is 2.10 bits per heavy atom. The first-order valence-electron chi connectivity index (χ1n) is 12.8. The molecule has 0 atom stereocenters. The van der Waals surface area contributed by atoms with E-state index < -0.39 is 11.6 Å². The first-order chi connectivity index (χ1) is 15.1. The summed E-state index contributed by atoms with van der Waals surface area (Å²) in [6.07, 6.45) is 15.8. The molecule has 2 aliphatic carbocycles. The van der Waals surface area contributed by atoms with Gasteiger partial charge < -0.3 is 9.47 Å². The van der Waals surface area contributed by atoms with Gasteiger partial charge in [0, 0.05) is 0 Å². The van der Waals surface area contributed by atoms with Crippen LogP contribution in [0.25, 0.3) is 0 Å². The number of benzene rings is 1. The number of halogens is 2. The molecule has 31 heavy (non-hydrogen) atoms. The number of rotatable bonds is 11. The molecule has 0 amide bonds. The Morgan fingerprint density at radius 2 is 1.45 bits per heavy atom. The van der Waals surface area contributed by atoms with Gasteiger partial charge in [0.25, 0.3) is 0 Å². The molecule has 4 heteroatoms. The van der Waals surface area contributed by atoms with Crippen molar-refractivity contribution in [1.82, 2.24) is 0 Å². The van der Waals surface area contributed by atoms with Crippen molar-refractivity contribution in [3.63, 3.8) is 0 Å². The van der Waals surface area contributed by atoms with E-state index >= 15 is 0 Å². The molecule has 0 spiro atoms. The Balaban J connectivity index is 1.46. The first kappa shape index (κ1) is 24.5. The third kappa shape index (κ3) is 6.91. The van der Waals surface area contributed by atoms with Crippen molar-refractivity contribution in [2.75, 3.05) is 13.4 Å². The van der Waals surface area contributed by atoms with Crippen molar-refractivity contribution >= 4 is 0 Å². The fraction of sp³-hybridized carbons (Fsp3) is 0.778. The minimum absolute atomic E-state index is 0.0402. The van der Waals surface area contributed by atoms with Gasteiger partial charge in [0.1, 0.15) is 0 Å². The van der Waals surface area contributed by atoms with Crippen LogP contribution in [0.2, 0.25) is 0 Å². The summed E-state index contributed by atoms with van der Waals surface area (Å²) in [5, 5.41) is 0. The van der Waals surface area contributed by atoms with Crippen LogP contribution in [-0.4, -0.2) is 13.4 Å². The predicted molar refractivity (Wildman–Crippen MR) is 122 cm³/mol. The molecular formula is C27H42F2O2. The highest BCUT2D eigenvalue weighted by atomic mass is 19.2. The van der Waals surface area contributed by atoms with Gasteiger partial charge in [0.2, 0.25) is 5.82 Å². The molecule has 2 aliphatic rings. The summed E-state index contributed by atoms with van der Waals surface area (Å²) in [7, 11) is 0. The Labute approximate surface area is 188 Å². The van der Waals surface area contributed by atoms with Crippen LogP contribution in [-0.2, 0) is 4.74 Å². The lowest BCUT2D eigenvalue weighted by Crippen LogP contribution is -2.25. The van der Waals surface area contributed by atoms with E-state index in [1.54, 1.807) is 12.1 Å². The lowest BCUT2D eigenvalue weighted by atomic mass is 9.68. The fourth-order valence-electron chi connectivity index (χ4n) is 5.73. The van der Waals surface area contributed by atoms with E-state index in [1.807, 2.05) is 0 Å². The Hall–Kier alpha value is -1.16. The van der Waals surface area contributed by atoms with Crippen molar-refractivity contribution in [3.05, 3.63) is 29.3 Å². The van der Waals surface area contributed by atoms with E-state index in [1.165, 1.54) is 44.9 Å². The second-order valence-corrected chi connectivity index (χ2v) is 9.84. The van der Waals surface area contributed by atoms with Gasteiger partial charge in [0.15, 0.2) is 18.4 Å². The SMILES string of the molecule is CCCCOCOc1ccc(C2CCC(C3CCC(CCCC)CC3)CC2)c(F)c1F. The summed E-state index contributed by atoms with van der Waals surface area (Å²) < 4.78 is 39.9. The predicted octanol–water partition coefficient (Wildman–Crippen LogP) is 8.39. The molecule has 0 unspecified atom stereocenters. The number of ether oxygens (including phenoxy) is 2. The van der Waals surface area contributed by atoms with Gasteiger partial charge in [-0.25, -0.2) is 4.39 Å². The summed E-state index contributed by atoms with van der Waals surface area (Å²) in [4.78, 5) is 0. The second kappa shape index (κ2) is 12.8. The van der Waals surface area contributed by atoms with Crippen LogP contribution in [0.15, 0.2) is 12.1 Å². The topological polar surface area (TPSA) is 18.5 Å². The van der Waals surface area contributed by atoms with Crippen molar-refractivity contribution in [1.29, 1.82) is 0 Å². The highest BCUT2D eigenvalue weighted by molar-refractivity contribution is 5.33. The van der Waals surface area contributed by atoms with Gasteiger partial charge in [-0.3, -0.25) is 0 Å². The maximum atomic E-state index is 14.8. The van der Waals surface area contributed by atoms with Gasteiger partial charge in [0.05, 0.1) is 6.61 Å². The number of hydrogen-bond acceptors (Lipinski definition) is 2. The van der Waals surface area contributed by atoms with Gasteiger partial charge in [-0.2, -0.15) is 4.39 Å². The molecule has 1 aromatic carbocycles. The molecule has 2 saturated carbocycles. The lowest BCUT2D eigenvalue weighted by molar-refractivity contribution is 0.0115. The normalized spacial score (nSPS) is 26.7. The third-order valence-electron chi connectivity index (χ3n) is 7.75. The third-order valence-corrected chi connectivity index (χ3v) is 7.75. The minimum atomic E-state index is -0.871. The summed E-state index contributed by atoms with van der Waals surface area (Å²) in [6.45, 7) is 4.89. The average molecular weight is 437 g/mol. The quantitative estimate of drug-likeness (QED) is 0.256. The Morgan fingerprint density at radius 1 is 0.806 bits per heavy atom. The highest BCUT2D eigenvalue weighted by Crippen LogP contribution is 2.45. The molecule has 2 nitrogen and oxygen atoms in total. The molecule has 0 saturated heterocycles. The van der Waals surface area contributed by atoms with Crippen molar-refractivity contribution in [3.8, 4) is 5.75 Å². The molecule has 0 aromatic heterocycles. The van der Waals surface area contributed by atoms with E-state index in [-0.39, 0.29) is 18.5 Å². The van der Waals surface area contributed by atoms with Crippen LogP contribution < -0.4 is 4.74 Å². The van der Waals surface area contributed by atoms with Gasteiger partial charge in [-0.05, 0) is 80.2 Å². The van der Waals surface area contributed by atoms with Crippen LogP contribution >= 0.6 is 0 Å². The molecule has 0 radical (unpaired) electrons. The van der Waals surface area contributed by atoms with E-state index in [2.05, 4.69) is 13.8 Å². The number of hydrogen-bond donors (Lipinski definition) is 0. The van der Waals surface area contributed by atoms with Gasteiger partial charge >= 0.3 is 0 Å². The molecule has 3 rings (SSSR count). The second-order valence-electron chi connectivity index (χ2n) is 9.84. The van der Waals surface area contributed by atoms with Crippen LogP contribution in [0.5, 0.6) is 5.75 Å². The maximum Gasteiger partial charge on any atom is 0.201 e. The van der Waals surface area contributed by atoms with Crippen LogP contribution in [0.1, 0.15) is 109 Å². The zero-order valence-electron chi connectivity index (χ0n) is 19.6. The van der Waals surface area contributed by atoms with E-state index in [0.29, 0.717) is 12.2 Å². The largest absolute Gasteiger partial charge is 0.464 e. The molecule has 176 valence electrons. The Kier molecular flexibility index (Phi) is 10.1. The lowest BCUT2D eigenvalue weighted by Gasteiger charge is -2.38. The molecule has 0 N–H and O–H groups in total. The van der Waals surface area contributed by atoms with Crippen molar-refractivity contribution in [2.45, 2.75) is 103 Å². The standard InChI is InChI=1S/C27H42F2O2/c1-3-5-7-20-8-10-21(11-9-20)22-12-14-23(15-13-22)24-16-17-25(27(29)26(24)28)31-19-30-18-6-4-2/h16-17,20-23H,3-15,18-19H2,1-2H3. The van der Waals surface area contributed by atoms with E-state index in [0.717, 1.165) is 56.3 Å². The summed E-state index contributed by atoms with van der Waals surface area (Å²) in [6, 6.07) is 3.30.